The molecule has 0 saturated carbocycles. The van der Waals surface area contributed by atoms with Crippen molar-refractivity contribution < 1.29 is 0 Å². The molecule has 0 aliphatic carbocycles. The van der Waals surface area contributed by atoms with E-state index in [9.17, 15) is 0 Å². The number of pyridine rings is 1. The van der Waals surface area contributed by atoms with Gasteiger partial charge in [0.15, 0.2) is 0 Å². The predicted octanol–water partition coefficient (Wildman–Crippen LogP) is 2.88. The van der Waals surface area contributed by atoms with Crippen LogP contribution >= 0.6 is 15.9 Å². The topological polar surface area (TPSA) is 81.3 Å². The van der Waals surface area contributed by atoms with Crippen molar-refractivity contribution in [2.45, 2.75) is 13.0 Å². The minimum atomic E-state index is -0.233. The van der Waals surface area contributed by atoms with E-state index < -0.39 is 0 Å². The highest BCUT2D eigenvalue weighted by Crippen LogP contribution is 2.34. The number of nitrogens with one attached hydrogen (secondary N) is 1. The van der Waals surface area contributed by atoms with Crippen molar-refractivity contribution in [1.82, 2.24) is 14.7 Å². The molecule has 0 radical (unpaired) electrons. The minimum Gasteiger partial charge on any atom is -0.355 e. The summed E-state index contributed by atoms with van der Waals surface area (Å²) in [5.41, 5.74) is 10.8. The summed E-state index contributed by atoms with van der Waals surface area (Å²) in [6.07, 6.45) is 3.64. The van der Waals surface area contributed by atoms with Crippen molar-refractivity contribution in [3.63, 3.8) is 0 Å². The van der Waals surface area contributed by atoms with Crippen molar-refractivity contribution in [2.75, 3.05) is 31.1 Å². The third-order valence-electron chi connectivity index (χ3n) is 3.74. The van der Waals surface area contributed by atoms with E-state index in [1.54, 1.807) is 0 Å². The van der Waals surface area contributed by atoms with Crippen LogP contribution in [0.3, 0.4) is 0 Å². The number of imidazole rings is 1. The van der Waals surface area contributed by atoms with Crippen LogP contribution in [0.1, 0.15) is 18.5 Å². The molecule has 1 aliphatic heterocycles. The number of rotatable bonds is 3. The lowest BCUT2D eigenvalue weighted by Gasteiger charge is -2.32. The molecule has 21 heavy (non-hydrogen) atoms. The standard InChI is InChI=1S/C13H16BrN7/c1-9(18-19-15)10-6-11(14)12-7-17-8-21(12)13(10)20-4-2-16-3-5-20/h6-9,16H,2-5H2,1H3. The highest BCUT2D eigenvalue weighted by atomic mass is 79.9. The minimum absolute atomic E-state index is 0.233. The zero-order valence-electron chi connectivity index (χ0n) is 11.7. The Morgan fingerprint density at radius 1 is 1.48 bits per heavy atom. The second-order valence-corrected chi connectivity index (χ2v) is 5.89. The fourth-order valence-corrected chi connectivity index (χ4v) is 3.25. The number of anilines is 1. The maximum atomic E-state index is 8.75. The molecule has 1 aliphatic rings. The molecule has 0 amide bonds. The molecule has 1 saturated heterocycles. The van der Waals surface area contributed by atoms with Gasteiger partial charge in [0.1, 0.15) is 12.1 Å². The molecule has 0 aromatic carbocycles. The van der Waals surface area contributed by atoms with E-state index in [0.717, 1.165) is 47.5 Å². The summed E-state index contributed by atoms with van der Waals surface area (Å²) < 4.78 is 3.02. The Morgan fingerprint density at radius 2 is 2.24 bits per heavy atom. The van der Waals surface area contributed by atoms with Gasteiger partial charge in [-0.1, -0.05) is 12.0 Å². The van der Waals surface area contributed by atoms with Gasteiger partial charge >= 0.3 is 0 Å². The van der Waals surface area contributed by atoms with E-state index in [-0.39, 0.29) is 6.04 Å². The van der Waals surface area contributed by atoms with Gasteiger partial charge in [0.05, 0.1) is 17.8 Å². The summed E-state index contributed by atoms with van der Waals surface area (Å²) in [4.78, 5) is 9.52. The molecule has 2 aromatic rings. The number of hydrogen-bond donors (Lipinski definition) is 1. The fraction of sp³-hybridized carbons (Fsp3) is 0.462. The quantitative estimate of drug-likeness (QED) is 0.525. The average molecular weight is 350 g/mol. The second kappa shape index (κ2) is 5.93. The molecule has 1 unspecified atom stereocenters. The average Bonchev–Trinajstić information content (AvgIpc) is 2.98. The first-order valence-electron chi connectivity index (χ1n) is 6.86. The first kappa shape index (κ1) is 14.2. The third kappa shape index (κ3) is 2.57. The first-order valence-corrected chi connectivity index (χ1v) is 7.66. The normalized spacial score (nSPS) is 16.8. The largest absolute Gasteiger partial charge is 0.355 e. The van der Waals surface area contributed by atoms with Crippen LogP contribution in [0, 0.1) is 0 Å². The van der Waals surface area contributed by atoms with Crippen LogP contribution in [-0.4, -0.2) is 35.6 Å². The van der Waals surface area contributed by atoms with Crippen LogP contribution in [0.15, 0.2) is 28.2 Å². The van der Waals surface area contributed by atoms with Gasteiger partial charge < -0.3 is 10.2 Å². The van der Waals surface area contributed by atoms with Crippen molar-refractivity contribution in [3.05, 3.63) is 39.1 Å². The van der Waals surface area contributed by atoms with Crippen LogP contribution in [0.2, 0.25) is 0 Å². The zero-order valence-corrected chi connectivity index (χ0v) is 13.3. The molecular formula is C13H16BrN7. The summed E-state index contributed by atoms with van der Waals surface area (Å²) in [6.45, 7) is 5.65. The maximum Gasteiger partial charge on any atom is 0.118 e. The van der Waals surface area contributed by atoms with Gasteiger partial charge in [-0.3, -0.25) is 4.40 Å². The number of piperazine rings is 1. The van der Waals surface area contributed by atoms with E-state index in [1.165, 1.54) is 0 Å². The van der Waals surface area contributed by atoms with Crippen LogP contribution in [-0.2, 0) is 0 Å². The lowest BCUT2D eigenvalue weighted by atomic mass is 10.1. The van der Waals surface area contributed by atoms with Gasteiger partial charge in [0.25, 0.3) is 0 Å². The summed E-state index contributed by atoms with van der Waals surface area (Å²) in [5, 5.41) is 7.22. The molecule has 8 heteroatoms. The van der Waals surface area contributed by atoms with Crippen molar-refractivity contribution in [1.29, 1.82) is 0 Å². The highest BCUT2D eigenvalue weighted by Gasteiger charge is 2.21. The Balaban J connectivity index is 2.21. The van der Waals surface area contributed by atoms with Crippen LogP contribution in [0.25, 0.3) is 16.0 Å². The number of nitrogens with zero attached hydrogens (tertiary/aromatic N) is 6. The number of hydrogen-bond acceptors (Lipinski definition) is 4. The van der Waals surface area contributed by atoms with Crippen molar-refractivity contribution in [2.24, 2.45) is 5.11 Å². The van der Waals surface area contributed by atoms with Crippen molar-refractivity contribution >= 4 is 27.3 Å². The lowest BCUT2D eigenvalue weighted by Crippen LogP contribution is -2.44. The van der Waals surface area contributed by atoms with E-state index in [1.807, 2.05) is 25.5 Å². The lowest BCUT2D eigenvalue weighted by molar-refractivity contribution is 0.579. The van der Waals surface area contributed by atoms with Gasteiger partial charge in [0.2, 0.25) is 0 Å². The summed E-state index contributed by atoms with van der Waals surface area (Å²) in [5.74, 6) is 1.06. The summed E-state index contributed by atoms with van der Waals surface area (Å²) >= 11 is 3.58. The van der Waals surface area contributed by atoms with Crippen LogP contribution < -0.4 is 10.2 Å². The number of azide groups is 1. The Morgan fingerprint density at radius 3 is 2.95 bits per heavy atom. The Labute approximate surface area is 130 Å². The zero-order chi connectivity index (χ0) is 14.8. The van der Waals surface area contributed by atoms with E-state index in [0.29, 0.717) is 0 Å². The van der Waals surface area contributed by atoms with Gasteiger partial charge in [0, 0.05) is 41.1 Å². The number of fused-ring (bicyclic) bond motifs is 1. The molecule has 1 atom stereocenters. The number of halogens is 1. The van der Waals surface area contributed by atoms with Gasteiger partial charge in [-0.25, -0.2) is 4.98 Å². The molecule has 2 aromatic heterocycles. The molecule has 0 spiro atoms. The SMILES string of the molecule is CC(N=[N+]=[N-])c1cc(Br)c2cncn2c1N1CCNCC1. The van der Waals surface area contributed by atoms with Crippen LogP contribution in [0.5, 0.6) is 0 Å². The molecule has 7 nitrogen and oxygen atoms in total. The van der Waals surface area contributed by atoms with Gasteiger partial charge in [-0.2, -0.15) is 0 Å². The van der Waals surface area contributed by atoms with Crippen LogP contribution in [0.4, 0.5) is 5.82 Å². The summed E-state index contributed by atoms with van der Waals surface area (Å²) in [7, 11) is 0. The van der Waals surface area contributed by atoms with Gasteiger partial charge in [-0.15, -0.1) is 0 Å². The predicted molar refractivity (Wildman–Crippen MR) is 85.5 cm³/mol. The fourth-order valence-electron chi connectivity index (χ4n) is 2.71. The summed E-state index contributed by atoms with van der Waals surface area (Å²) in [6, 6.07) is 1.80. The molecule has 1 N–H and O–H groups in total. The van der Waals surface area contributed by atoms with Gasteiger partial charge in [-0.05, 0) is 27.5 Å². The molecule has 3 heterocycles. The Bertz CT molecular complexity index is 698. The smallest absolute Gasteiger partial charge is 0.118 e. The maximum absolute atomic E-state index is 8.75. The van der Waals surface area contributed by atoms with Crippen molar-refractivity contribution in [3.8, 4) is 0 Å². The number of aromatic nitrogens is 2. The molecule has 110 valence electrons. The molecular weight excluding hydrogens is 334 g/mol. The Kier molecular flexibility index (Phi) is 4.01. The Hall–Kier alpha value is -1.76. The monoisotopic (exact) mass is 349 g/mol. The molecule has 1 fully saturated rings. The second-order valence-electron chi connectivity index (χ2n) is 5.04. The third-order valence-corrected chi connectivity index (χ3v) is 4.38. The highest BCUT2D eigenvalue weighted by molar-refractivity contribution is 9.10. The molecule has 0 bridgehead atoms. The molecule has 3 rings (SSSR count). The van der Waals surface area contributed by atoms with E-state index >= 15 is 0 Å². The van der Waals surface area contributed by atoms with E-state index in [2.05, 4.69) is 45.6 Å². The first-order chi connectivity index (χ1) is 10.2. The van der Waals surface area contributed by atoms with E-state index in [4.69, 9.17) is 5.53 Å².